The topological polar surface area (TPSA) is 30.0 Å². The lowest BCUT2D eigenvalue weighted by Crippen LogP contribution is -2.17. The van der Waals surface area contributed by atoms with Gasteiger partial charge in [0.15, 0.2) is 0 Å². The average molecular weight is 181 g/mol. The molecule has 0 aromatic carbocycles. The fourth-order valence-electron chi connectivity index (χ4n) is 1.57. The van der Waals surface area contributed by atoms with Gasteiger partial charge in [-0.15, -0.1) is 0 Å². The normalized spacial score (nSPS) is 25.3. The first kappa shape index (κ1) is 7.92. The Morgan fingerprint density at radius 2 is 2.33 bits per heavy atom. The van der Waals surface area contributed by atoms with Crippen molar-refractivity contribution in [2.75, 3.05) is 5.75 Å². The molecular formula is C9H11NOS. The molecular weight excluding hydrogens is 170 g/mol. The van der Waals surface area contributed by atoms with Gasteiger partial charge in [-0.25, -0.2) is 0 Å². The van der Waals surface area contributed by atoms with Crippen molar-refractivity contribution in [1.29, 1.82) is 0 Å². The highest BCUT2D eigenvalue weighted by Gasteiger charge is 2.34. The molecule has 3 heteroatoms. The van der Waals surface area contributed by atoms with E-state index in [-0.39, 0.29) is 5.41 Å². The SMILES string of the molecule is CC1(C)CS(=O)c2ccncc21. The molecule has 0 radical (unpaired) electrons. The van der Waals surface area contributed by atoms with Gasteiger partial charge in [-0.1, -0.05) is 13.8 Å². The molecule has 0 aliphatic carbocycles. The Morgan fingerprint density at radius 3 is 3.00 bits per heavy atom. The Labute approximate surface area is 74.5 Å². The number of hydrogen-bond acceptors (Lipinski definition) is 2. The molecule has 0 spiro atoms. The maximum Gasteiger partial charge on any atom is 0.0542 e. The number of nitrogens with zero attached hydrogens (tertiary/aromatic N) is 1. The van der Waals surface area contributed by atoms with Crippen molar-refractivity contribution in [2.24, 2.45) is 0 Å². The van der Waals surface area contributed by atoms with Gasteiger partial charge in [0.25, 0.3) is 0 Å². The molecule has 2 rings (SSSR count). The molecule has 1 atom stereocenters. The van der Waals surface area contributed by atoms with Crippen LogP contribution in [0.25, 0.3) is 0 Å². The minimum atomic E-state index is -0.807. The third-order valence-electron chi connectivity index (χ3n) is 2.25. The molecule has 1 aliphatic rings. The van der Waals surface area contributed by atoms with Crippen LogP contribution in [0.1, 0.15) is 19.4 Å². The molecule has 0 bridgehead atoms. The van der Waals surface area contributed by atoms with Crippen molar-refractivity contribution in [3.05, 3.63) is 24.0 Å². The van der Waals surface area contributed by atoms with Gasteiger partial charge in [0.1, 0.15) is 0 Å². The van der Waals surface area contributed by atoms with Crippen LogP contribution in [0.3, 0.4) is 0 Å². The minimum absolute atomic E-state index is 0.0362. The van der Waals surface area contributed by atoms with Crippen molar-refractivity contribution in [3.63, 3.8) is 0 Å². The zero-order valence-electron chi connectivity index (χ0n) is 7.20. The monoisotopic (exact) mass is 181 g/mol. The lowest BCUT2D eigenvalue weighted by Gasteiger charge is -2.15. The second kappa shape index (κ2) is 2.39. The second-order valence-electron chi connectivity index (χ2n) is 3.75. The van der Waals surface area contributed by atoms with Crippen LogP contribution in [0, 0.1) is 0 Å². The van der Waals surface area contributed by atoms with Crippen LogP contribution in [0.5, 0.6) is 0 Å². The summed E-state index contributed by atoms with van der Waals surface area (Å²) >= 11 is 0. The van der Waals surface area contributed by atoms with Crippen LogP contribution >= 0.6 is 0 Å². The molecule has 2 nitrogen and oxygen atoms in total. The molecule has 64 valence electrons. The number of hydrogen-bond donors (Lipinski definition) is 0. The van der Waals surface area contributed by atoms with Gasteiger partial charge >= 0.3 is 0 Å². The molecule has 0 amide bonds. The van der Waals surface area contributed by atoms with Crippen molar-refractivity contribution in [1.82, 2.24) is 4.98 Å². The summed E-state index contributed by atoms with van der Waals surface area (Å²) < 4.78 is 11.6. The van der Waals surface area contributed by atoms with Crippen molar-refractivity contribution in [3.8, 4) is 0 Å². The van der Waals surface area contributed by atoms with Gasteiger partial charge < -0.3 is 0 Å². The van der Waals surface area contributed by atoms with Crippen LogP contribution in [-0.4, -0.2) is 14.9 Å². The smallest absolute Gasteiger partial charge is 0.0542 e. The number of fused-ring (bicyclic) bond motifs is 1. The summed E-state index contributed by atoms with van der Waals surface area (Å²) in [7, 11) is -0.807. The predicted molar refractivity (Wildman–Crippen MR) is 48.5 cm³/mol. The lowest BCUT2D eigenvalue weighted by atomic mass is 9.88. The molecule has 1 aromatic rings. The molecule has 2 heterocycles. The summed E-state index contributed by atoms with van der Waals surface area (Å²) in [5.41, 5.74) is 1.18. The highest BCUT2D eigenvalue weighted by molar-refractivity contribution is 7.85. The van der Waals surface area contributed by atoms with Crippen LogP contribution in [0.15, 0.2) is 23.4 Å². The Morgan fingerprint density at radius 1 is 1.58 bits per heavy atom. The van der Waals surface area contributed by atoms with Gasteiger partial charge in [0.05, 0.1) is 10.8 Å². The largest absolute Gasteiger partial charge is 0.264 e. The standard InChI is InChI=1S/C9H11NOS/c1-9(2)6-12(11)8-3-4-10-5-7(8)9/h3-5H,6H2,1-2H3. The summed E-state index contributed by atoms with van der Waals surface area (Å²) in [5, 5.41) is 0. The summed E-state index contributed by atoms with van der Waals surface area (Å²) in [4.78, 5) is 5.02. The summed E-state index contributed by atoms with van der Waals surface area (Å²) in [6, 6.07) is 1.86. The zero-order chi connectivity index (χ0) is 8.77. The average Bonchev–Trinajstić information content (AvgIpc) is 2.25. The van der Waals surface area contributed by atoms with Gasteiger partial charge in [0, 0.05) is 28.5 Å². The lowest BCUT2D eigenvalue weighted by molar-refractivity contribution is 0.596. The summed E-state index contributed by atoms with van der Waals surface area (Å²) in [5.74, 6) is 0.730. The number of pyridine rings is 1. The van der Waals surface area contributed by atoms with E-state index in [2.05, 4.69) is 18.8 Å². The molecule has 1 aliphatic heterocycles. The van der Waals surface area contributed by atoms with E-state index in [1.54, 1.807) is 6.20 Å². The van der Waals surface area contributed by atoms with E-state index in [1.807, 2.05) is 12.3 Å². The Kier molecular flexibility index (Phi) is 1.58. The van der Waals surface area contributed by atoms with Gasteiger partial charge in [0.2, 0.25) is 0 Å². The maximum absolute atomic E-state index is 11.6. The van der Waals surface area contributed by atoms with E-state index >= 15 is 0 Å². The highest BCUT2D eigenvalue weighted by Crippen LogP contribution is 2.35. The third-order valence-corrected chi connectivity index (χ3v) is 4.08. The van der Waals surface area contributed by atoms with Gasteiger partial charge in [-0.05, 0) is 11.6 Å². The van der Waals surface area contributed by atoms with Crippen LogP contribution in [0.4, 0.5) is 0 Å². The molecule has 0 saturated heterocycles. The van der Waals surface area contributed by atoms with E-state index in [9.17, 15) is 4.21 Å². The maximum atomic E-state index is 11.6. The fraction of sp³-hybridized carbons (Fsp3) is 0.444. The van der Waals surface area contributed by atoms with Crippen LogP contribution in [-0.2, 0) is 16.2 Å². The first-order valence-electron chi connectivity index (χ1n) is 3.94. The highest BCUT2D eigenvalue weighted by atomic mass is 32.2. The minimum Gasteiger partial charge on any atom is -0.264 e. The van der Waals surface area contributed by atoms with E-state index < -0.39 is 10.8 Å². The molecule has 1 aromatic heterocycles. The number of rotatable bonds is 0. The summed E-state index contributed by atoms with van der Waals surface area (Å²) in [6.07, 6.45) is 3.54. The van der Waals surface area contributed by atoms with E-state index in [0.717, 1.165) is 16.2 Å². The van der Waals surface area contributed by atoms with Crippen molar-refractivity contribution in [2.45, 2.75) is 24.2 Å². The predicted octanol–water partition coefficient (Wildman–Crippen LogP) is 1.48. The van der Waals surface area contributed by atoms with Crippen molar-refractivity contribution >= 4 is 10.8 Å². The van der Waals surface area contributed by atoms with Gasteiger partial charge in [-0.2, -0.15) is 0 Å². The van der Waals surface area contributed by atoms with Crippen LogP contribution < -0.4 is 0 Å². The molecule has 0 fully saturated rings. The van der Waals surface area contributed by atoms with E-state index in [4.69, 9.17) is 0 Å². The van der Waals surface area contributed by atoms with Gasteiger partial charge in [-0.3, -0.25) is 9.19 Å². The first-order valence-corrected chi connectivity index (χ1v) is 5.26. The Balaban J connectivity index is 2.66. The molecule has 1 unspecified atom stereocenters. The molecule has 0 N–H and O–H groups in total. The van der Waals surface area contributed by atoms with E-state index in [0.29, 0.717) is 0 Å². The Bertz CT molecular complexity index is 346. The molecule has 12 heavy (non-hydrogen) atoms. The zero-order valence-corrected chi connectivity index (χ0v) is 8.02. The molecule has 0 saturated carbocycles. The fourth-order valence-corrected chi connectivity index (χ4v) is 3.33. The van der Waals surface area contributed by atoms with Crippen LogP contribution in [0.2, 0.25) is 0 Å². The second-order valence-corrected chi connectivity index (χ2v) is 5.17. The third kappa shape index (κ3) is 1.00. The van der Waals surface area contributed by atoms with Crippen molar-refractivity contribution < 1.29 is 4.21 Å². The summed E-state index contributed by atoms with van der Waals surface area (Å²) in [6.45, 7) is 4.22. The Hall–Kier alpha value is -0.700. The first-order chi connectivity index (χ1) is 5.61. The quantitative estimate of drug-likeness (QED) is 0.607. The number of aromatic nitrogens is 1. The van der Waals surface area contributed by atoms with E-state index in [1.165, 1.54) is 0 Å².